The molecule has 96 valence electrons. The number of aryl methyl sites for hydroxylation is 2. The van der Waals surface area contributed by atoms with Gasteiger partial charge in [0, 0.05) is 26.2 Å². The van der Waals surface area contributed by atoms with Crippen LogP contribution in [-0.2, 0) is 4.74 Å². The Morgan fingerprint density at radius 2 is 1.82 bits per heavy atom. The van der Waals surface area contributed by atoms with Crippen molar-refractivity contribution in [3.8, 4) is 0 Å². The average molecular weight is 236 g/mol. The lowest BCUT2D eigenvalue weighted by Gasteiger charge is -2.21. The maximum absolute atomic E-state index is 6.22. The smallest absolute Gasteiger partial charge is 0.0589 e. The van der Waals surface area contributed by atoms with E-state index in [4.69, 9.17) is 10.5 Å². The van der Waals surface area contributed by atoms with Crippen LogP contribution in [-0.4, -0.2) is 38.8 Å². The first-order valence-electron chi connectivity index (χ1n) is 6.04. The van der Waals surface area contributed by atoms with Crippen molar-refractivity contribution in [2.24, 2.45) is 5.73 Å². The van der Waals surface area contributed by atoms with Gasteiger partial charge in [0.1, 0.15) is 0 Å². The van der Waals surface area contributed by atoms with Crippen molar-refractivity contribution in [3.05, 3.63) is 34.9 Å². The summed E-state index contributed by atoms with van der Waals surface area (Å²) in [7, 11) is 3.79. The molecule has 0 heterocycles. The summed E-state index contributed by atoms with van der Waals surface area (Å²) in [5, 5.41) is 0. The molecule has 1 atom stereocenters. The van der Waals surface area contributed by atoms with E-state index in [9.17, 15) is 0 Å². The zero-order valence-corrected chi connectivity index (χ0v) is 11.4. The molecular weight excluding hydrogens is 212 g/mol. The second-order valence-electron chi connectivity index (χ2n) is 4.78. The molecule has 0 aliphatic carbocycles. The first kappa shape index (κ1) is 14.2. The predicted octanol–water partition coefficient (Wildman–Crippen LogP) is 1.88. The lowest BCUT2D eigenvalue weighted by Crippen LogP contribution is -2.31. The van der Waals surface area contributed by atoms with Gasteiger partial charge >= 0.3 is 0 Å². The highest BCUT2D eigenvalue weighted by atomic mass is 16.5. The molecule has 0 saturated carbocycles. The summed E-state index contributed by atoms with van der Waals surface area (Å²) in [6.07, 6.45) is 0. The number of likely N-dealkylation sites (N-methyl/N-ethyl adjacent to an activating group) is 1. The van der Waals surface area contributed by atoms with Gasteiger partial charge in [0.15, 0.2) is 0 Å². The van der Waals surface area contributed by atoms with Crippen LogP contribution in [0, 0.1) is 13.8 Å². The minimum Gasteiger partial charge on any atom is -0.383 e. The van der Waals surface area contributed by atoms with Crippen molar-refractivity contribution in [1.82, 2.24) is 4.90 Å². The lowest BCUT2D eigenvalue weighted by molar-refractivity contribution is 0.158. The molecule has 0 fully saturated rings. The first-order valence-corrected chi connectivity index (χ1v) is 6.04. The van der Waals surface area contributed by atoms with E-state index in [1.807, 2.05) is 0 Å². The molecular formula is C14H24N2O. The van der Waals surface area contributed by atoms with E-state index < -0.39 is 0 Å². The maximum atomic E-state index is 6.22. The number of benzene rings is 1. The quantitative estimate of drug-likeness (QED) is 0.819. The summed E-state index contributed by atoms with van der Waals surface area (Å²) in [6, 6.07) is 6.57. The van der Waals surface area contributed by atoms with Crippen LogP contribution in [0.4, 0.5) is 0 Å². The predicted molar refractivity (Wildman–Crippen MR) is 72.2 cm³/mol. The Labute approximate surface area is 105 Å². The lowest BCUT2D eigenvalue weighted by atomic mass is 10.0. The van der Waals surface area contributed by atoms with Gasteiger partial charge in [0.2, 0.25) is 0 Å². The van der Waals surface area contributed by atoms with Gasteiger partial charge in [-0.05, 0) is 26.5 Å². The average Bonchev–Trinajstić information content (AvgIpc) is 2.25. The fourth-order valence-corrected chi connectivity index (χ4v) is 2.00. The number of hydrogen-bond donors (Lipinski definition) is 1. The molecule has 0 radical (unpaired) electrons. The van der Waals surface area contributed by atoms with E-state index in [-0.39, 0.29) is 6.04 Å². The Morgan fingerprint density at radius 1 is 1.24 bits per heavy atom. The Hall–Kier alpha value is -0.900. The van der Waals surface area contributed by atoms with Crippen molar-refractivity contribution in [3.63, 3.8) is 0 Å². The van der Waals surface area contributed by atoms with Crippen molar-refractivity contribution >= 4 is 0 Å². The van der Waals surface area contributed by atoms with Gasteiger partial charge in [-0.2, -0.15) is 0 Å². The third-order valence-corrected chi connectivity index (χ3v) is 2.86. The SMILES string of the molecule is COCCN(C)CC(N)c1cc(C)cc(C)c1. The topological polar surface area (TPSA) is 38.5 Å². The largest absolute Gasteiger partial charge is 0.383 e. The minimum absolute atomic E-state index is 0.0652. The van der Waals surface area contributed by atoms with Gasteiger partial charge in [-0.25, -0.2) is 0 Å². The molecule has 2 N–H and O–H groups in total. The fraction of sp³-hybridized carbons (Fsp3) is 0.571. The van der Waals surface area contributed by atoms with Crippen molar-refractivity contribution < 1.29 is 4.74 Å². The molecule has 1 aromatic rings. The number of ether oxygens (including phenoxy) is 1. The van der Waals surface area contributed by atoms with Crippen molar-refractivity contribution in [2.75, 3.05) is 33.9 Å². The van der Waals surface area contributed by atoms with Gasteiger partial charge in [-0.15, -0.1) is 0 Å². The first-order chi connectivity index (χ1) is 8.02. The Morgan fingerprint density at radius 3 is 2.35 bits per heavy atom. The summed E-state index contributed by atoms with van der Waals surface area (Å²) in [5.41, 5.74) is 9.98. The van der Waals surface area contributed by atoms with E-state index in [1.54, 1.807) is 7.11 Å². The molecule has 1 unspecified atom stereocenters. The van der Waals surface area contributed by atoms with Gasteiger partial charge in [-0.3, -0.25) is 0 Å². The van der Waals surface area contributed by atoms with Crippen LogP contribution in [0.3, 0.4) is 0 Å². The van der Waals surface area contributed by atoms with Crippen LogP contribution in [0.25, 0.3) is 0 Å². The number of hydrogen-bond acceptors (Lipinski definition) is 3. The second-order valence-corrected chi connectivity index (χ2v) is 4.78. The molecule has 1 rings (SSSR count). The van der Waals surface area contributed by atoms with E-state index in [2.05, 4.69) is 44.0 Å². The summed E-state index contributed by atoms with van der Waals surface area (Å²) < 4.78 is 5.06. The number of nitrogens with two attached hydrogens (primary N) is 1. The molecule has 0 aromatic heterocycles. The Kier molecular flexibility index (Phi) is 5.62. The molecule has 0 bridgehead atoms. The van der Waals surface area contributed by atoms with Gasteiger partial charge in [0.05, 0.1) is 6.61 Å². The fourth-order valence-electron chi connectivity index (χ4n) is 2.00. The van der Waals surface area contributed by atoms with E-state index in [1.165, 1.54) is 16.7 Å². The molecule has 3 heteroatoms. The summed E-state index contributed by atoms with van der Waals surface area (Å²) in [4.78, 5) is 2.20. The van der Waals surface area contributed by atoms with Crippen LogP contribution in [0.5, 0.6) is 0 Å². The molecule has 0 saturated heterocycles. The molecule has 0 spiro atoms. The zero-order chi connectivity index (χ0) is 12.8. The van der Waals surface area contributed by atoms with E-state index in [0.717, 1.165) is 19.7 Å². The summed E-state index contributed by atoms with van der Waals surface area (Å²) >= 11 is 0. The second kappa shape index (κ2) is 6.74. The maximum Gasteiger partial charge on any atom is 0.0589 e. The van der Waals surface area contributed by atoms with Gasteiger partial charge in [-0.1, -0.05) is 29.3 Å². The van der Waals surface area contributed by atoms with E-state index in [0.29, 0.717) is 0 Å². The normalized spacial score (nSPS) is 13.1. The van der Waals surface area contributed by atoms with Crippen LogP contribution < -0.4 is 5.73 Å². The number of rotatable bonds is 6. The molecule has 3 nitrogen and oxygen atoms in total. The summed E-state index contributed by atoms with van der Waals surface area (Å²) in [6.45, 7) is 6.73. The van der Waals surface area contributed by atoms with Crippen molar-refractivity contribution in [1.29, 1.82) is 0 Å². The van der Waals surface area contributed by atoms with E-state index >= 15 is 0 Å². The minimum atomic E-state index is 0.0652. The highest BCUT2D eigenvalue weighted by Crippen LogP contribution is 2.15. The molecule has 0 aliphatic rings. The van der Waals surface area contributed by atoms with Crippen LogP contribution in [0.15, 0.2) is 18.2 Å². The van der Waals surface area contributed by atoms with Crippen LogP contribution >= 0.6 is 0 Å². The molecule has 1 aromatic carbocycles. The summed E-state index contributed by atoms with van der Waals surface area (Å²) in [5.74, 6) is 0. The molecule has 0 amide bonds. The Balaban J connectivity index is 2.59. The highest BCUT2D eigenvalue weighted by molar-refractivity contribution is 5.30. The Bertz CT molecular complexity index is 332. The monoisotopic (exact) mass is 236 g/mol. The van der Waals surface area contributed by atoms with Gasteiger partial charge in [0.25, 0.3) is 0 Å². The zero-order valence-electron chi connectivity index (χ0n) is 11.4. The van der Waals surface area contributed by atoms with Crippen LogP contribution in [0.2, 0.25) is 0 Å². The molecule has 0 aliphatic heterocycles. The van der Waals surface area contributed by atoms with Crippen LogP contribution in [0.1, 0.15) is 22.7 Å². The highest BCUT2D eigenvalue weighted by Gasteiger charge is 2.09. The number of methoxy groups -OCH3 is 1. The number of nitrogens with zero attached hydrogens (tertiary/aromatic N) is 1. The van der Waals surface area contributed by atoms with Gasteiger partial charge < -0.3 is 15.4 Å². The molecule has 17 heavy (non-hydrogen) atoms. The van der Waals surface area contributed by atoms with Crippen molar-refractivity contribution in [2.45, 2.75) is 19.9 Å². The standard InChI is InChI=1S/C14H24N2O/c1-11-7-12(2)9-13(8-11)14(15)10-16(3)5-6-17-4/h7-9,14H,5-6,10,15H2,1-4H3. The third-order valence-electron chi connectivity index (χ3n) is 2.86. The third kappa shape index (κ3) is 4.86.